The number of carbonyl (C=O) groups is 3. The summed E-state index contributed by atoms with van der Waals surface area (Å²) in [7, 11) is 1.54. The largest absolute Gasteiger partial charge is 0.495 e. The van der Waals surface area contributed by atoms with Crippen molar-refractivity contribution in [3.05, 3.63) is 53.6 Å². The van der Waals surface area contributed by atoms with Gasteiger partial charge in [-0.3, -0.25) is 14.4 Å². The number of hydrogen-bond acceptors (Lipinski definition) is 4. The van der Waals surface area contributed by atoms with Gasteiger partial charge in [0.1, 0.15) is 5.75 Å². The van der Waals surface area contributed by atoms with Crippen LogP contribution < -0.4 is 15.0 Å². The van der Waals surface area contributed by atoms with Crippen LogP contribution in [0.2, 0.25) is 5.02 Å². The van der Waals surface area contributed by atoms with E-state index in [-0.39, 0.29) is 36.0 Å². The molecule has 8 heteroatoms. The Kier molecular flexibility index (Phi) is 6.65. The van der Waals surface area contributed by atoms with Crippen LogP contribution in [0.1, 0.15) is 19.3 Å². The maximum Gasteiger partial charge on any atom is 0.228 e. The van der Waals surface area contributed by atoms with Crippen molar-refractivity contribution in [2.75, 3.05) is 37.0 Å². The first-order valence-electron chi connectivity index (χ1n) is 10.7. The van der Waals surface area contributed by atoms with Crippen molar-refractivity contribution >= 4 is 40.7 Å². The summed E-state index contributed by atoms with van der Waals surface area (Å²) in [6.07, 6.45) is 1.37. The van der Waals surface area contributed by atoms with E-state index in [0.29, 0.717) is 48.9 Å². The number of anilines is 2. The molecular formula is C24H26ClN3O4. The Balaban J connectivity index is 1.32. The molecule has 2 aromatic carbocycles. The second kappa shape index (κ2) is 9.61. The Hall–Kier alpha value is -3.06. The van der Waals surface area contributed by atoms with Crippen molar-refractivity contribution in [1.29, 1.82) is 0 Å². The van der Waals surface area contributed by atoms with Gasteiger partial charge in [0.15, 0.2) is 0 Å². The number of benzene rings is 2. The summed E-state index contributed by atoms with van der Waals surface area (Å²) in [6.45, 7) is 1.40. The number of para-hydroxylation sites is 1. The van der Waals surface area contributed by atoms with Crippen LogP contribution in [0, 0.1) is 11.8 Å². The van der Waals surface area contributed by atoms with Crippen molar-refractivity contribution in [3.63, 3.8) is 0 Å². The first-order chi connectivity index (χ1) is 15.5. The van der Waals surface area contributed by atoms with Crippen molar-refractivity contribution in [3.8, 4) is 5.75 Å². The Morgan fingerprint density at radius 3 is 2.47 bits per heavy atom. The first-order valence-corrected chi connectivity index (χ1v) is 11.1. The van der Waals surface area contributed by atoms with Crippen LogP contribution in [-0.4, -0.2) is 49.4 Å². The summed E-state index contributed by atoms with van der Waals surface area (Å²) in [5.41, 5.74) is 1.36. The summed E-state index contributed by atoms with van der Waals surface area (Å²) >= 11 is 6.04. The van der Waals surface area contributed by atoms with Gasteiger partial charge >= 0.3 is 0 Å². The zero-order valence-electron chi connectivity index (χ0n) is 17.9. The fourth-order valence-electron chi connectivity index (χ4n) is 4.36. The number of nitrogens with zero attached hydrogens (tertiary/aromatic N) is 2. The Bertz CT molecular complexity index is 1010. The van der Waals surface area contributed by atoms with Crippen molar-refractivity contribution in [2.45, 2.75) is 19.3 Å². The fraction of sp³-hybridized carbons (Fsp3) is 0.375. The van der Waals surface area contributed by atoms with Crippen LogP contribution in [0.15, 0.2) is 48.5 Å². The molecule has 4 rings (SSSR count). The number of carbonyl (C=O) groups excluding carboxylic acids is 3. The number of halogens is 1. The summed E-state index contributed by atoms with van der Waals surface area (Å²) in [5, 5.41) is 3.41. The van der Waals surface area contributed by atoms with E-state index in [1.807, 2.05) is 30.3 Å². The third-order valence-corrected chi connectivity index (χ3v) is 6.37. The lowest BCUT2D eigenvalue weighted by atomic mass is 9.94. The van der Waals surface area contributed by atoms with Gasteiger partial charge in [-0.15, -0.1) is 0 Å². The standard InChI is InChI=1S/C24H26ClN3O4/c1-32-21-8-7-18(25)14-20(21)26-23(30)16-9-11-27(12-10-16)24(31)17-13-22(29)28(15-17)19-5-3-2-4-6-19/h2-8,14,16-17H,9-13,15H2,1H3,(H,26,30)/t17-/m1/s1. The van der Waals surface area contributed by atoms with Gasteiger partial charge in [0.05, 0.1) is 18.7 Å². The van der Waals surface area contributed by atoms with Gasteiger partial charge < -0.3 is 19.9 Å². The number of hydrogen-bond donors (Lipinski definition) is 1. The molecule has 0 spiro atoms. The lowest BCUT2D eigenvalue weighted by Gasteiger charge is -2.33. The first kappa shape index (κ1) is 22.1. The van der Waals surface area contributed by atoms with Gasteiger partial charge in [-0.1, -0.05) is 29.8 Å². The van der Waals surface area contributed by atoms with E-state index in [1.54, 1.807) is 28.0 Å². The average molecular weight is 456 g/mol. The average Bonchev–Trinajstić information content (AvgIpc) is 3.21. The highest BCUT2D eigenvalue weighted by molar-refractivity contribution is 6.31. The van der Waals surface area contributed by atoms with Gasteiger partial charge in [-0.05, 0) is 43.2 Å². The number of likely N-dealkylation sites (tertiary alicyclic amines) is 1. The van der Waals surface area contributed by atoms with Gasteiger partial charge in [0.25, 0.3) is 0 Å². The minimum Gasteiger partial charge on any atom is -0.495 e. The number of rotatable bonds is 5. The van der Waals surface area contributed by atoms with Crippen molar-refractivity contribution in [2.24, 2.45) is 11.8 Å². The van der Waals surface area contributed by atoms with E-state index in [0.717, 1.165) is 5.69 Å². The lowest BCUT2D eigenvalue weighted by Crippen LogP contribution is -2.44. The molecule has 168 valence electrons. The molecule has 32 heavy (non-hydrogen) atoms. The molecule has 7 nitrogen and oxygen atoms in total. The molecule has 0 saturated carbocycles. The van der Waals surface area contributed by atoms with Gasteiger partial charge in [0.2, 0.25) is 17.7 Å². The van der Waals surface area contributed by atoms with E-state index >= 15 is 0 Å². The molecule has 2 aliphatic heterocycles. The number of nitrogens with one attached hydrogen (secondary N) is 1. The van der Waals surface area contributed by atoms with Crippen molar-refractivity contribution < 1.29 is 19.1 Å². The number of amides is 3. The molecular weight excluding hydrogens is 430 g/mol. The van der Waals surface area contributed by atoms with E-state index in [1.165, 1.54) is 7.11 Å². The van der Waals surface area contributed by atoms with Crippen LogP contribution in [-0.2, 0) is 14.4 Å². The van der Waals surface area contributed by atoms with Gasteiger partial charge in [0, 0.05) is 42.7 Å². The Morgan fingerprint density at radius 1 is 1.06 bits per heavy atom. The molecule has 2 fully saturated rings. The predicted molar refractivity (Wildman–Crippen MR) is 123 cm³/mol. The smallest absolute Gasteiger partial charge is 0.228 e. The molecule has 2 saturated heterocycles. The fourth-order valence-corrected chi connectivity index (χ4v) is 4.54. The number of methoxy groups -OCH3 is 1. The van der Waals surface area contributed by atoms with Crippen LogP contribution in [0.25, 0.3) is 0 Å². The third kappa shape index (κ3) is 4.72. The molecule has 0 radical (unpaired) electrons. The number of ether oxygens (including phenoxy) is 1. The summed E-state index contributed by atoms with van der Waals surface area (Å²) in [4.78, 5) is 41.7. The SMILES string of the molecule is COc1ccc(Cl)cc1NC(=O)C1CCN(C(=O)[C@@H]2CC(=O)N(c3ccccc3)C2)CC1. The summed E-state index contributed by atoms with van der Waals surface area (Å²) < 4.78 is 5.29. The second-order valence-electron chi connectivity index (χ2n) is 8.17. The lowest BCUT2D eigenvalue weighted by molar-refractivity contribution is -0.138. The quantitative estimate of drug-likeness (QED) is 0.747. The molecule has 2 aliphatic rings. The minimum atomic E-state index is -0.344. The molecule has 2 heterocycles. The molecule has 3 amide bonds. The maximum atomic E-state index is 13.0. The van der Waals surface area contributed by atoms with Crippen molar-refractivity contribution in [1.82, 2.24) is 4.90 Å². The highest BCUT2D eigenvalue weighted by Gasteiger charge is 2.38. The third-order valence-electron chi connectivity index (χ3n) is 6.14. The topological polar surface area (TPSA) is 79.0 Å². The molecule has 0 bridgehead atoms. The zero-order valence-corrected chi connectivity index (χ0v) is 18.7. The van der Waals surface area contributed by atoms with E-state index in [9.17, 15) is 14.4 Å². The Morgan fingerprint density at radius 2 is 1.78 bits per heavy atom. The predicted octanol–water partition coefficient (Wildman–Crippen LogP) is 3.58. The highest BCUT2D eigenvalue weighted by atomic mass is 35.5. The maximum absolute atomic E-state index is 13.0. The molecule has 1 atom stereocenters. The van der Waals surface area contributed by atoms with E-state index in [2.05, 4.69) is 5.32 Å². The molecule has 0 aromatic heterocycles. The van der Waals surface area contributed by atoms with Gasteiger partial charge in [-0.25, -0.2) is 0 Å². The summed E-state index contributed by atoms with van der Waals surface area (Å²) in [5.74, 6) is -0.141. The zero-order chi connectivity index (χ0) is 22.7. The van der Waals surface area contributed by atoms with Crippen LogP contribution in [0.3, 0.4) is 0 Å². The Labute approximate surface area is 192 Å². The normalized spacial score (nSPS) is 19.2. The van der Waals surface area contributed by atoms with Crippen LogP contribution in [0.5, 0.6) is 5.75 Å². The van der Waals surface area contributed by atoms with Crippen LogP contribution in [0.4, 0.5) is 11.4 Å². The molecule has 2 aromatic rings. The van der Waals surface area contributed by atoms with E-state index < -0.39 is 0 Å². The van der Waals surface area contributed by atoms with Gasteiger partial charge in [-0.2, -0.15) is 0 Å². The summed E-state index contributed by atoms with van der Waals surface area (Å²) in [6, 6.07) is 14.5. The number of piperidine rings is 1. The molecule has 0 aliphatic carbocycles. The monoisotopic (exact) mass is 455 g/mol. The van der Waals surface area contributed by atoms with Crippen LogP contribution >= 0.6 is 11.6 Å². The molecule has 0 unspecified atom stereocenters. The minimum absolute atomic E-state index is 0.00727. The second-order valence-corrected chi connectivity index (χ2v) is 8.61. The molecule has 1 N–H and O–H groups in total. The van der Waals surface area contributed by atoms with E-state index in [4.69, 9.17) is 16.3 Å². The highest BCUT2D eigenvalue weighted by Crippen LogP contribution is 2.30.